The number of nitrogens with one attached hydrogen (secondary N) is 1. The standard InChI is InChI=1S/C18H26N2S/c1-13(2)20(11-14-8-9-14)12-16-15-6-4-5-7-17(15)21-18(16)10-19-3/h4-7,13-14,19H,8-12H2,1-3H3. The molecule has 2 nitrogen and oxygen atoms in total. The first-order valence-electron chi connectivity index (χ1n) is 8.07. The minimum Gasteiger partial charge on any atom is -0.315 e. The van der Waals surface area contributed by atoms with E-state index in [1.807, 2.05) is 18.4 Å². The Kier molecular flexibility index (Phi) is 4.63. The Hall–Kier alpha value is -0.900. The largest absolute Gasteiger partial charge is 0.315 e. The van der Waals surface area contributed by atoms with Gasteiger partial charge < -0.3 is 5.32 Å². The number of fused-ring (bicyclic) bond motifs is 1. The lowest BCUT2D eigenvalue weighted by molar-refractivity contribution is 0.204. The molecule has 0 bridgehead atoms. The second-order valence-electron chi connectivity index (χ2n) is 6.50. The summed E-state index contributed by atoms with van der Waals surface area (Å²) < 4.78 is 1.42. The van der Waals surface area contributed by atoms with E-state index in [0.717, 1.165) is 19.0 Å². The van der Waals surface area contributed by atoms with Crippen molar-refractivity contribution in [2.75, 3.05) is 13.6 Å². The lowest BCUT2D eigenvalue weighted by Gasteiger charge is -2.27. The van der Waals surface area contributed by atoms with Gasteiger partial charge in [0.05, 0.1) is 0 Å². The normalized spacial score (nSPS) is 15.5. The molecule has 0 unspecified atom stereocenters. The summed E-state index contributed by atoms with van der Waals surface area (Å²) in [5, 5.41) is 4.79. The first-order chi connectivity index (χ1) is 10.2. The Balaban J connectivity index is 1.90. The third kappa shape index (κ3) is 3.47. The third-order valence-electron chi connectivity index (χ3n) is 4.40. The number of rotatable bonds is 7. The molecule has 114 valence electrons. The number of hydrogen-bond acceptors (Lipinski definition) is 3. The van der Waals surface area contributed by atoms with Gasteiger partial charge in [-0.25, -0.2) is 0 Å². The molecular formula is C18H26N2S. The molecule has 21 heavy (non-hydrogen) atoms. The van der Waals surface area contributed by atoms with E-state index in [4.69, 9.17) is 0 Å². The van der Waals surface area contributed by atoms with Gasteiger partial charge in [0.15, 0.2) is 0 Å². The summed E-state index contributed by atoms with van der Waals surface area (Å²) in [5.41, 5.74) is 1.54. The molecular weight excluding hydrogens is 276 g/mol. The molecule has 1 aromatic carbocycles. The second kappa shape index (κ2) is 6.47. The fourth-order valence-corrected chi connectivity index (χ4v) is 4.15. The van der Waals surface area contributed by atoms with Gasteiger partial charge in [0.25, 0.3) is 0 Å². The van der Waals surface area contributed by atoms with Crippen molar-refractivity contribution in [3.8, 4) is 0 Å². The molecule has 0 saturated heterocycles. The maximum absolute atomic E-state index is 3.33. The van der Waals surface area contributed by atoms with Gasteiger partial charge in [-0.3, -0.25) is 4.90 Å². The molecule has 2 aromatic rings. The highest BCUT2D eigenvalue weighted by Gasteiger charge is 2.26. The van der Waals surface area contributed by atoms with E-state index in [9.17, 15) is 0 Å². The van der Waals surface area contributed by atoms with Crippen LogP contribution in [0.1, 0.15) is 37.1 Å². The maximum atomic E-state index is 3.33. The van der Waals surface area contributed by atoms with Crippen LogP contribution in [-0.4, -0.2) is 24.5 Å². The van der Waals surface area contributed by atoms with Crippen molar-refractivity contribution in [3.05, 3.63) is 34.7 Å². The Morgan fingerprint density at radius 2 is 2.05 bits per heavy atom. The van der Waals surface area contributed by atoms with Crippen molar-refractivity contribution >= 4 is 21.4 Å². The SMILES string of the molecule is CNCc1sc2ccccc2c1CN(CC1CC1)C(C)C. The highest BCUT2D eigenvalue weighted by Crippen LogP contribution is 2.35. The third-order valence-corrected chi connectivity index (χ3v) is 5.61. The summed E-state index contributed by atoms with van der Waals surface area (Å²) in [7, 11) is 2.04. The summed E-state index contributed by atoms with van der Waals surface area (Å²) in [4.78, 5) is 4.16. The molecule has 1 aromatic heterocycles. The van der Waals surface area contributed by atoms with Gasteiger partial charge in [-0.05, 0) is 56.7 Å². The topological polar surface area (TPSA) is 15.3 Å². The van der Waals surface area contributed by atoms with E-state index in [0.29, 0.717) is 6.04 Å². The zero-order valence-corrected chi connectivity index (χ0v) is 14.2. The predicted octanol–water partition coefficient (Wildman–Crippen LogP) is 4.24. The average molecular weight is 302 g/mol. The highest BCUT2D eigenvalue weighted by atomic mass is 32.1. The van der Waals surface area contributed by atoms with Crippen molar-refractivity contribution < 1.29 is 0 Å². The van der Waals surface area contributed by atoms with Crippen LogP contribution in [0.4, 0.5) is 0 Å². The molecule has 1 N–H and O–H groups in total. The van der Waals surface area contributed by atoms with Gasteiger partial charge >= 0.3 is 0 Å². The summed E-state index contributed by atoms with van der Waals surface area (Å²) in [6.07, 6.45) is 2.86. The number of nitrogens with zero attached hydrogens (tertiary/aromatic N) is 1. The fourth-order valence-electron chi connectivity index (χ4n) is 2.92. The zero-order chi connectivity index (χ0) is 14.8. The van der Waals surface area contributed by atoms with Gasteiger partial charge in [-0.2, -0.15) is 0 Å². The molecule has 0 atom stereocenters. The van der Waals surface area contributed by atoms with Crippen molar-refractivity contribution in [1.29, 1.82) is 0 Å². The molecule has 0 spiro atoms. The zero-order valence-electron chi connectivity index (χ0n) is 13.4. The molecule has 1 saturated carbocycles. The summed E-state index contributed by atoms with van der Waals surface area (Å²) >= 11 is 1.95. The first-order valence-corrected chi connectivity index (χ1v) is 8.88. The minimum absolute atomic E-state index is 0.617. The van der Waals surface area contributed by atoms with E-state index in [2.05, 4.69) is 48.3 Å². The number of hydrogen-bond donors (Lipinski definition) is 1. The molecule has 0 amide bonds. The highest BCUT2D eigenvalue weighted by molar-refractivity contribution is 7.19. The van der Waals surface area contributed by atoms with E-state index in [1.165, 1.54) is 34.3 Å². The van der Waals surface area contributed by atoms with Crippen LogP contribution in [0.2, 0.25) is 0 Å². The van der Waals surface area contributed by atoms with E-state index >= 15 is 0 Å². The smallest absolute Gasteiger partial charge is 0.0349 e. The molecule has 1 heterocycles. The molecule has 0 radical (unpaired) electrons. The van der Waals surface area contributed by atoms with Crippen LogP contribution in [0.25, 0.3) is 10.1 Å². The quantitative estimate of drug-likeness (QED) is 0.823. The predicted molar refractivity (Wildman–Crippen MR) is 92.9 cm³/mol. The van der Waals surface area contributed by atoms with Crippen LogP contribution < -0.4 is 5.32 Å². The molecule has 1 aliphatic carbocycles. The molecule has 1 aliphatic rings. The van der Waals surface area contributed by atoms with E-state index in [-0.39, 0.29) is 0 Å². The van der Waals surface area contributed by atoms with Crippen LogP contribution in [-0.2, 0) is 13.1 Å². The lowest BCUT2D eigenvalue weighted by atomic mass is 10.1. The van der Waals surface area contributed by atoms with Crippen LogP contribution in [0, 0.1) is 5.92 Å². The van der Waals surface area contributed by atoms with Crippen molar-refractivity contribution in [3.63, 3.8) is 0 Å². The average Bonchev–Trinajstić information content (AvgIpc) is 3.21. The summed E-state index contributed by atoms with van der Waals surface area (Å²) in [6.45, 7) is 7.99. The molecule has 3 rings (SSSR count). The van der Waals surface area contributed by atoms with Crippen LogP contribution in [0.3, 0.4) is 0 Å². The minimum atomic E-state index is 0.617. The Bertz CT molecular complexity index is 598. The Morgan fingerprint density at radius 3 is 2.71 bits per heavy atom. The van der Waals surface area contributed by atoms with Gasteiger partial charge in [0.1, 0.15) is 0 Å². The first kappa shape index (κ1) is 15.0. The van der Waals surface area contributed by atoms with E-state index in [1.54, 1.807) is 5.56 Å². The Labute approximate surface area is 132 Å². The summed E-state index contributed by atoms with van der Waals surface area (Å²) in [5.74, 6) is 0.949. The van der Waals surface area contributed by atoms with Crippen LogP contribution >= 0.6 is 11.3 Å². The van der Waals surface area contributed by atoms with Gasteiger partial charge in [0.2, 0.25) is 0 Å². The molecule has 3 heteroatoms. The van der Waals surface area contributed by atoms with Crippen LogP contribution in [0.15, 0.2) is 24.3 Å². The van der Waals surface area contributed by atoms with Crippen molar-refractivity contribution in [2.45, 2.75) is 45.8 Å². The van der Waals surface area contributed by atoms with E-state index < -0.39 is 0 Å². The second-order valence-corrected chi connectivity index (χ2v) is 7.63. The number of thiophene rings is 1. The summed E-state index contributed by atoms with van der Waals surface area (Å²) in [6, 6.07) is 9.48. The van der Waals surface area contributed by atoms with Crippen molar-refractivity contribution in [1.82, 2.24) is 10.2 Å². The monoisotopic (exact) mass is 302 g/mol. The van der Waals surface area contributed by atoms with Gasteiger partial charge in [-0.15, -0.1) is 11.3 Å². The molecule has 0 aliphatic heterocycles. The van der Waals surface area contributed by atoms with Gasteiger partial charge in [0, 0.05) is 35.3 Å². The van der Waals surface area contributed by atoms with Crippen LogP contribution in [0.5, 0.6) is 0 Å². The maximum Gasteiger partial charge on any atom is 0.0349 e. The van der Waals surface area contributed by atoms with Gasteiger partial charge in [-0.1, -0.05) is 18.2 Å². The lowest BCUT2D eigenvalue weighted by Crippen LogP contribution is -2.32. The molecule has 1 fully saturated rings. The Morgan fingerprint density at radius 1 is 1.29 bits per heavy atom. The van der Waals surface area contributed by atoms with Crippen molar-refractivity contribution in [2.24, 2.45) is 5.92 Å². The fraction of sp³-hybridized carbons (Fsp3) is 0.556. The number of benzene rings is 1.